The van der Waals surface area contributed by atoms with Crippen LogP contribution in [0.3, 0.4) is 0 Å². The summed E-state index contributed by atoms with van der Waals surface area (Å²) in [6.07, 6.45) is 4.48. The van der Waals surface area contributed by atoms with Crippen molar-refractivity contribution in [3.05, 3.63) is 70.2 Å². The summed E-state index contributed by atoms with van der Waals surface area (Å²) in [5, 5.41) is 9.50. The summed E-state index contributed by atoms with van der Waals surface area (Å²) < 4.78 is 0. The molecule has 0 unspecified atom stereocenters. The van der Waals surface area contributed by atoms with Crippen molar-refractivity contribution in [1.82, 2.24) is 0 Å². The van der Waals surface area contributed by atoms with E-state index >= 15 is 0 Å². The van der Waals surface area contributed by atoms with Crippen LogP contribution in [0.15, 0.2) is 48.5 Å². The summed E-state index contributed by atoms with van der Waals surface area (Å²) in [7, 11) is 0. The Bertz CT molecular complexity index is 591. The maximum Gasteiger partial charge on any atom is 0.0669 e. The Morgan fingerprint density at radius 3 is 2.44 bits per heavy atom. The molecule has 0 N–H and O–H groups in total. The molecule has 18 heavy (non-hydrogen) atoms. The van der Waals surface area contributed by atoms with E-state index in [1.54, 1.807) is 0 Å². The molecule has 2 aromatic carbocycles. The van der Waals surface area contributed by atoms with Gasteiger partial charge in [-0.25, -0.2) is 0 Å². The molecule has 0 atom stereocenters. The molecular formula is C16H12ClN. The summed E-state index contributed by atoms with van der Waals surface area (Å²) in [5.74, 6) is 0. The van der Waals surface area contributed by atoms with Crippen LogP contribution in [0.25, 0.3) is 12.2 Å². The van der Waals surface area contributed by atoms with Gasteiger partial charge >= 0.3 is 0 Å². The lowest BCUT2D eigenvalue weighted by Gasteiger charge is -2.01. The van der Waals surface area contributed by atoms with E-state index in [-0.39, 0.29) is 0 Å². The van der Waals surface area contributed by atoms with E-state index in [0.29, 0.717) is 6.42 Å². The van der Waals surface area contributed by atoms with E-state index in [1.807, 2.05) is 60.7 Å². The van der Waals surface area contributed by atoms with Crippen molar-refractivity contribution in [3.8, 4) is 6.07 Å². The molecule has 0 amide bonds. The Balaban J connectivity index is 2.23. The third-order valence-corrected chi connectivity index (χ3v) is 2.90. The van der Waals surface area contributed by atoms with Gasteiger partial charge in [0.25, 0.3) is 0 Å². The second-order valence-corrected chi connectivity index (χ2v) is 4.36. The van der Waals surface area contributed by atoms with Gasteiger partial charge in [0.05, 0.1) is 12.5 Å². The van der Waals surface area contributed by atoms with Gasteiger partial charge in [-0.05, 0) is 28.8 Å². The first-order chi connectivity index (χ1) is 8.79. The van der Waals surface area contributed by atoms with Gasteiger partial charge in [-0.1, -0.05) is 60.2 Å². The Hall–Kier alpha value is -2.04. The highest BCUT2D eigenvalue weighted by Crippen LogP contribution is 2.15. The maximum atomic E-state index is 8.77. The fourth-order valence-electron chi connectivity index (χ4n) is 1.70. The molecule has 88 valence electrons. The van der Waals surface area contributed by atoms with Gasteiger partial charge in [0, 0.05) is 5.02 Å². The van der Waals surface area contributed by atoms with Gasteiger partial charge in [-0.3, -0.25) is 0 Å². The zero-order valence-corrected chi connectivity index (χ0v) is 10.6. The van der Waals surface area contributed by atoms with Crippen molar-refractivity contribution in [3.63, 3.8) is 0 Å². The van der Waals surface area contributed by atoms with Crippen molar-refractivity contribution in [2.75, 3.05) is 0 Å². The monoisotopic (exact) mass is 253 g/mol. The highest BCUT2D eigenvalue weighted by Gasteiger charge is 1.97. The molecule has 0 radical (unpaired) electrons. The molecule has 0 bridgehead atoms. The summed E-state index contributed by atoms with van der Waals surface area (Å²) in [4.78, 5) is 0. The predicted octanol–water partition coefficient (Wildman–Crippen LogP) is 4.58. The van der Waals surface area contributed by atoms with Gasteiger partial charge < -0.3 is 0 Å². The zero-order valence-electron chi connectivity index (χ0n) is 9.81. The average Bonchev–Trinajstić information content (AvgIpc) is 2.40. The molecule has 1 nitrogen and oxygen atoms in total. The lowest BCUT2D eigenvalue weighted by molar-refractivity contribution is 1.25. The molecule has 0 spiro atoms. The number of nitrogens with zero attached hydrogens (tertiary/aromatic N) is 1. The summed E-state index contributed by atoms with van der Waals surface area (Å²) in [5.41, 5.74) is 3.21. The molecule has 0 aliphatic rings. The molecular weight excluding hydrogens is 242 g/mol. The Kier molecular flexibility index (Phi) is 4.17. The van der Waals surface area contributed by atoms with Crippen LogP contribution in [-0.4, -0.2) is 0 Å². The Labute approximate surface area is 112 Å². The van der Waals surface area contributed by atoms with Gasteiger partial charge in [-0.15, -0.1) is 0 Å². The molecule has 2 rings (SSSR count). The fourth-order valence-corrected chi connectivity index (χ4v) is 1.83. The molecule has 0 saturated heterocycles. The Morgan fingerprint density at radius 2 is 1.72 bits per heavy atom. The fraction of sp³-hybridized carbons (Fsp3) is 0.0625. The van der Waals surface area contributed by atoms with Crippen LogP contribution < -0.4 is 0 Å². The largest absolute Gasteiger partial charge is 0.198 e. The highest BCUT2D eigenvalue weighted by molar-refractivity contribution is 6.30. The lowest BCUT2D eigenvalue weighted by Crippen LogP contribution is -1.85. The number of hydrogen-bond donors (Lipinski definition) is 0. The van der Waals surface area contributed by atoms with Gasteiger partial charge in [-0.2, -0.15) is 5.26 Å². The van der Waals surface area contributed by atoms with Crippen LogP contribution in [0.2, 0.25) is 5.02 Å². The van der Waals surface area contributed by atoms with Crippen LogP contribution in [0.4, 0.5) is 0 Å². The van der Waals surface area contributed by atoms with Crippen LogP contribution in [0.5, 0.6) is 0 Å². The maximum absolute atomic E-state index is 8.77. The first-order valence-corrected chi connectivity index (χ1v) is 6.06. The number of halogens is 1. The smallest absolute Gasteiger partial charge is 0.0669 e. The van der Waals surface area contributed by atoms with Crippen molar-refractivity contribution in [2.24, 2.45) is 0 Å². The van der Waals surface area contributed by atoms with E-state index in [4.69, 9.17) is 16.9 Å². The molecule has 0 heterocycles. The van der Waals surface area contributed by atoms with Gasteiger partial charge in [0.2, 0.25) is 0 Å². The van der Waals surface area contributed by atoms with Crippen molar-refractivity contribution >= 4 is 23.8 Å². The quantitative estimate of drug-likeness (QED) is 0.735. The highest BCUT2D eigenvalue weighted by atomic mass is 35.5. The van der Waals surface area contributed by atoms with Crippen LogP contribution in [0, 0.1) is 11.3 Å². The molecule has 2 aromatic rings. The van der Waals surface area contributed by atoms with Crippen LogP contribution in [-0.2, 0) is 6.42 Å². The number of hydrogen-bond acceptors (Lipinski definition) is 1. The van der Waals surface area contributed by atoms with E-state index in [0.717, 1.165) is 21.7 Å². The Morgan fingerprint density at radius 1 is 1.00 bits per heavy atom. The molecule has 0 saturated carbocycles. The predicted molar refractivity (Wildman–Crippen MR) is 76.1 cm³/mol. The minimum atomic E-state index is 0.432. The standard InChI is InChI=1S/C16H12ClN/c17-16-9-6-13(7-10-16)5-8-14-3-1-2-4-15(14)11-12-18/h1-10H,11H2/b8-5+. The number of nitriles is 1. The third kappa shape index (κ3) is 3.23. The van der Waals surface area contributed by atoms with Crippen molar-refractivity contribution < 1.29 is 0 Å². The van der Waals surface area contributed by atoms with Crippen molar-refractivity contribution in [2.45, 2.75) is 6.42 Å². The molecule has 0 aliphatic carbocycles. The normalized spacial score (nSPS) is 10.4. The topological polar surface area (TPSA) is 23.8 Å². The van der Waals surface area contributed by atoms with Crippen LogP contribution in [0.1, 0.15) is 16.7 Å². The van der Waals surface area contributed by atoms with E-state index in [1.165, 1.54) is 0 Å². The summed E-state index contributed by atoms with van der Waals surface area (Å²) in [6.45, 7) is 0. The van der Waals surface area contributed by atoms with E-state index < -0.39 is 0 Å². The average molecular weight is 254 g/mol. The lowest BCUT2D eigenvalue weighted by atomic mass is 10.0. The zero-order chi connectivity index (χ0) is 12.8. The van der Waals surface area contributed by atoms with E-state index in [2.05, 4.69) is 6.07 Å². The van der Waals surface area contributed by atoms with Gasteiger partial charge in [0.1, 0.15) is 0 Å². The minimum absolute atomic E-state index is 0.432. The second-order valence-electron chi connectivity index (χ2n) is 3.92. The molecule has 0 aliphatic heterocycles. The molecule has 0 fully saturated rings. The van der Waals surface area contributed by atoms with Crippen LogP contribution >= 0.6 is 11.6 Å². The first kappa shape index (κ1) is 12.4. The van der Waals surface area contributed by atoms with E-state index in [9.17, 15) is 0 Å². The SMILES string of the molecule is N#CCc1ccccc1/C=C/c1ccc(Cl)cc1. The number of benzene rings is 2. The minimum Gasteiger partial charge on any atom is -0.198 e. The summed E-state index contributed by atoms with van der Waals surface area (Å²) in [6, 6.07) is 17.7. The van der Waals surface area contributed by atoms with Gasteiger partial charge in [0.15, 0.2) is 0 Å². The third-order valence-electron chi connectivity index (χ3n) is 2.65. The second kappa shape index (κ2) is 6.05. The first-order valence-electron chi connectivity index (χ1n) is 5.68. The molecule has 0 aromatic heterocycles. The number of rotatable bonds is 3. The van der Waals surface area contributed by atoms with Crippen molar-refractivity contribution in [1.29, 1.82) is 5.26 Å². The summed E-state index contributed by atoms with van der Waals surface area (Å²) >= 11 is 5.84. The molecule has 2 heteroatoms.